The number of fused-ring (bicyclic) bond motifs is 1. The molecule has 102 valence electrons. The Labute approximate surface area is 117 Å². The number of nitrogens with two attached hydrogens (primary N) is 1. The van der Waals surface area contributed by atoms with E-state index in [0.717, 1.165) is 22.6 Å². The molecule has 2 N–H and O–H groups in total. The Morgan fingerprint density at radius 2 is 2.25 bits per heavy atom. The molecule has 8 heteroatoms. The van der Waals surface area contributed by atoms with Crippen molar-refractivity contribution in [2.45, 2.75) is 6.42 Å². The molecule has 0 fully saturated rings. The number of hydrogen-bond acceptors (Lipinski definition) is 7. The van der Waals surface area contributed by atoms with Crippen molar-refractivity contribution in [2.24, 2.45) is 0 Å². The first-order valence-corrected chi connectivity index (χ1v) is 6.63. The Bertz CT molecular complexity index is 826. The van der Waals surface area contributed by atoms with Crippen LogP contribution in [-0.4, -0.2) is 26.9 Å². The molecule has 2 heterocycles. The summed E-state index contributed by atoms with van der Waals surface area (Å²) in [5.41, 5.74) is 6.50. The number of nitrogens with zero attached hydrogens (tertiary/aromatic N) is 4. The zero-order chi connectivity index (χ0) is 14.1. The van der Waals surface area contributed by atoms with Gasteiger partial charge in [0.2, 0.25) is 10.1 Å². The van der Waals surface area contributed by atoms with Crippen molar-refractivity contribution in [1.82, 2.24) is 19.8 Å². The Morgan fingerprint density at radius 3 is 3.05 bits per heavy atom. The van der Waals surface area contributed by atoms with Gasteiger partial charge in [-0.25, -0.2) is 0 Å². The van der Waals surface area contributed by atoms with Crippen LogP contribution in [-0.2, 0) is 6.42 Å². The Morgan fingerprint density at radius 1 is 1.40 bits per heavy atom. The van der Waals surface area contributed by atoms with Crippen LogP contribution in [0.5, 0.6) is 5.75 Å². The Balaban J connectivity index is 2.02. The minimum Gasteiger partial charge on any atom is -0.497 e. The first kappa shape index (κ1) is 12.5. The van der Waals surface area contributed by atoms with Gasteiger partial charge in [-0.1, -0.05) is 23.5 Å². The molecule has 20 heavy (non-hydrogen) atoms. The van der Waals surface area contributed by atoms with Crippen LogP contribution in [0.15, 0.2) is 29.1 Å². The first-order valence-electron chi connectivity index (χ1n) is 5.81. The SMILES string of the molecule is COc1cccc(Cc2nnc3sc(N)nn3c2=O)c1. The number of methoxy groups -OCH3 is 1. The summed E-state index contributed by atoms with van der Waals surface area (Å²) < 4.78 is 6.33. The van der Waals surface area contributed by atoms with E-state index in [1.807, 2.05) is 24.3 Å². The molecular weight excluding hydrogens is 278 g/mol. The largest absolute Gasteiger partial charge is 0.497 e. The smallest absolute Gasteiger partial charge is 0.297 e. The average molecular weight is 289 g/mol. The van der Waals surface area contributed by atoms with Crippen molar-refractivity contribution in [2.75, 3.05) is 12.8 Å². The zero-order valence-electron chi connectivity index (χ0n) is 10.6. The van der Waals surface area contributed by atoms with Gasteiger partial charge in [-0.2, -0.15) is 4.52 Å². The second kappa shape index (κ2) is 4.89. The molecule has 3 aromatic rings. The molecule has 0 aliphatic carbocycles. The lowest BCUT2D eigenvalue weighted by atomic mass is 10.1. The van der Waals surface area contributed by atoms with Crippen LogP contribution >= 0.6 is 11.3 Å². The molecule has 0 atom stereocenters. The minimum atomic E-state index is -0.300. The van der Waals surface area contributed by atoms with Crippen molar-refractivity contribution < 1.29 is 4.74 Å². The minimum absolute atomic E-state index is 0.287. The van der Waals surface area contributed by atoms with Gasteiger partial charge in [0.05, 0.1) is 7.11 Å². The van der Waals surface area contributed by atoms with E-state index in [4.69, 9.17) is 10.5 Å². The Kier molecular flexibility index (Phi) is 3.07. The molecule has 0 amide bonds. The van der Waals surface area contributed by atoms with Crippen LogP contribution in [0.1, 0.15) is 11.3 Å². The van der Waals surface area contributed by atoms with E-state index in [1.54, 1.807) is 7.11 Å². The third-order valence-corrected chi connectivity index (χ3v) is 3.50. The van der Waals surface area contributed by atoms with Gasteiger partial charge in [0.1, 0.15) is 11.4 Å². The lowest BCUT2D eigenvalue weighted by molar-refractivity contribution is 0.414. The van der Waals surface area contributed by atoms with Crippen LogP contribution in [0, 0.1) is 0 Å². The third kappa shape index (κ3) is 2.21. The molecule has 0 bridgehead atoms. The van der Waals surface area contributed by atoms with Crippen molar-refractivity contribution in [1.29, 1.82) is 0 Å². The van der Waals surface area contributed by atoms with E-state index < -0.39 is 0 Å². The number of ether oxygens (including phenoxy) is 1. The van der Waals surface area contributed by atoms with E-state index >= 15 is 0 Å². The number of rotatable bonds is 3. The van der Waals surface area contributed by atoms with E-state index in [-0.39, 0.29) is 10.7 Å². The molecule has 2 aromatic heterocycles. The number of benzene rings is 1. The predicted molar refractivity (Wildman–Crippen MR) is 75.1 cm³/mol. The predicted octanol–water partition coefficient (Wildman–Crippen LogP) is 0.728. The van der Waals surface area contributed by atoms with Gasteiger partial charge in [-0.15, -0.1) is 15.3 Å². The fourth-order valence-corrected chi connectivity index (χ4v) is 2.45. The summed E-state index contributed by atoms with van der Waals surface area (Å²) in [5.74, 6) is 0.731. The van der Waals surface area contributed by atoms with Gasteiger partial charge >= 0.3 is 0 Å². The Hall–Kier alpha value is -2.48. The summed E-state index contributed by atoms with van der Waals surface area (Å²) in [4.78, 5) is 12.6. The first-order chi connectivity index (χ1) is 9.67. The van der Waals surface area contributed by atoms with Crippen LogP contribution in [0.2, 0.25) is 0 Å². The van der Waals surface area contributed by atoms with Gasteiger partial charge < -0.3 is 10.5 Å². The highest BCUT2D eigenvalue weighted by atomic mass is 32.1. The van der Waals surface area contributed by atoms with Gasteiger partial charge in [0, 0.05) is 6.42 Å². The number of aromatic nitrogens is 4. The van der Waals surface area contributed by atoms with Crippen LogP contribution < -0.4 is 16.0 Å². The van der Waals surface area contributed by atoms with Crippen molar-refractivity contribution >= 4 is 21.4 Å². The highest BCUT2D eigenvalue weighted by Crippen LogP contribution is 2.15. The molecule has 0 unspecified atom stereocenters. The topological polar surface area (TPSA) is 95.4 Å². The van der Waals surface area contributed by atoms with Crippen LogP contribution in [0.4, 0.5) is 5.13 Å². The standard InChI is InChI=1S/C12H11N5O2S/c1-19-8-4-2-3-7(5-8)6-9-10(18)17-12(15-14-9)20-11(13)16-17/h2-5H,6H2,1H3,(H2,13,16). The average Bonchev–Trinajstić information content (AvgIpc) is 2.84. The van der Waals surface area contributed by atoms with E-state index in [1.165, 1.54) is 4.52 Å². The van der Waals surface area contributed by atoms with Crippen LogP contribution in [0.25, 0.3) is 4.96 Å². The number of nitrogen functional groups attached to an aromatic ring is 1. The maximum Gasteiger partial charge on any atom is 0.297 e. The number of anilines is 1. The normalized spacial score (nSPS) is 10.8. The van der Waals surface area contributed by atoms with Gasteiger partial charge in [0.15, 0.2) is 0 Å². The summed E-state index contributed by atoms with van der Waals surface area (Å²) in [6.07, 6.45) is 0.364. The molecule has 0 aliphatic rings. The quantitative estimate of drug-likeness (QED) is 0.763. The molecule has 0 spiro atoms. The summed E-state index contributed by atoms with van der Waals surface area (Å²) in [7, 11) is 1.60. The second-order valence-electron chi connectivity index (χ2n) is 4.11. The molecule has 1 aromatic carbocycles. The lowest BCUT2D eigenvalue weighted by Crippen LogP contribution is -2.22. The maximum atomic E-state index is 12.2. The highest BCUT2D eigenvalue weighted by Gasteiger charge is 2.11. The second-order valence-corrected chi connectivity index (χ2v) is 5.10. The molecule has 3 rings (SSSR count). The van der Waals surface area contributed by atoms with Gasteiger partial charge in [-0.3, -0.25) is 4.79 Å². The van der Waals surface area contributed by atoms with Crippen molar-refractivity contribution in [3.05, 3.63) is 45.9 Å². The summed E-state index contributed by atoms with van der Waals surface area (Å²) >= 11 is 1.12. The molecule has 0 aliphatic heterocycles. The fraction of sp³-hybridized carbons (Fsp3) is 0.167. The molecular formula is C12H11N5O2S. The summed E-state index contributed by atoms with van der Waals surface area (Å²) in [6.45, 7) is 0. The van der Waals surface area contributed by atoms with Gasteiger partial charge in [-0.05, 0) is 17.7 Å². The molecule has 0 saturated heterocycles. The summed E-state index contributed by atoms with van der Waals surface area (Å²) in [6, 6.07) is 7.45. The van der Waals surface area contributed by atoms with Crippen molar-refractivity contribution in [3.63, 3.8) is 0 Å². The molecule has 0 radical (unpaired) electrons. The van der Waals surface area contributed by atoms with E-state index in [0.29, 0.717) is 17.1 Å². The monoisotopic (exact) mass is 289 g/mol. The van der Waals surface area contributed by atoms with Gasteiger partial charge in [0.25, 0.3) is 5.56 Å². The highest BCUT2D eigenvalue weighted by molar-refractivity contribution is 7.20. The van der Waals surface area contributed by atoms with Crippen LogP contribution in [0.3, 0.4) is 0 Å². The zero-order valence-corrected chi connectivity index (χ0v) is 11.4. The third-order valence-electron chi connectivity index (χ3n) is 2.78. The van der Waals surface area contributed by atoms with Crippen molar-refractivity contribution in [3.8, 4) is 5.75 Å². The van der Waals surface area contributed by atoms with E-state index in [9.17, 15) is 4.79 Å². The molecule has 7 nitrogen and oxygen atoms in total. The number of hydrogen-bond donors (Lipinski definition) is 1. The maximum absolute atomic E-state index is 12.2. The molecule has 0 saturated carbocycles. The van der Waals surface area contributed by atoms with E-state index in [2.05, 4.69) is 15.3 Å². The summed E-state index contributed by atoms with van der Waals surface area (Å²) in [5, 5.41) is 12.1. The lowest BCUT2D eigenvalue weighted by Gasteiger charge is -2.03. The fourth-order valence-electron chi connectivity index (χ4n) is 1.85.